The molecule has 0 aliphatic carbocycles. The van der Waals surface area contributed by atoms with E-state index in [0.29, 0.717) is 28.4 Å². The molecule has 3 aromatic carbocycles. The first-order chi connectivity index (χ1) is 17.6. The van der Waals surface area contributed by atoms with Crippen molar-refractivity contribution in [2.75, 3.05) is 17.4 Å². The first-order valence-electron chi connectivity index (χ1n) is 12.0. The van der Waals surface area contributed by atoms with Gasteiger partial charge in [0.2, 0.25) is 11.8 Å². The van der Waals surface area contributed by atoms with Gasteiger partial charge in [0.25, 0.3) is 10.0 Å². The van der Waals surface area contributed by atoms with Crippen molar-refractivity contribution < 1.29 is 18.0 Å². The van der Waals surface area contributed by atoms with Crippen molar-refractivity contribution in [2.24, 2.45) is 0 Å². The number of carbonyl (C=O) groups excluding carboxylic acids is 2. The molecule has 3 aromatic rings. The lowest BCUT2D eigenvalue weighted by Crippen LogP contribution is -2.51. The number of sulfonamides is 1. The second-order valence-electron chi connectivity index (χ2n) is 8.79. The van der Waals surface area contributed by atoms with Crippen molar-refractivity contribution >= 4 is 39.1 Å². The average Bonchev–Trinajstić information content (AvgIpc) is 2.87. The number of likely N-dealkylation sites (N-methyl/N-ethyl adjacent to an activating group) is 1. The zero-order valence-corrected chi connectivity index (χ0v) is 23.0. The summed E-state index contributed by atoms with van der Waals surface area (Å²) < 4.78 is 28.8. The highest BCUT2D eigenvalue weighted by molar-refractivity contribution is 7.92. The number of carbonyl (C=O) groups is 2. The summed E-state index contributed by atoms with van der Waals surface area (Å²) in [7, 11) is -4.10. The monoisotopic (exact) mass is 541 g/mol. The van der Waals surface area contributed by atoms with Crippen LogP contribution in [-0.4, -0.2) is 44.3 Å². The molecule has 2 amide bonds. The molecule has 0 aliphatic rings. The van der Waals surface area contributed by atoms with Crippen molar-refractivity contribution in [3.63, 3.8) is 0 Å². The SMILES string of the molecule is CCNC(=O)[C@H](C)N(Cc1ccccc1Cl)C(=O)CN(c1ccccc1C)S(=O)(=O)c1ccc(C)cc1. The van der Waals surface area contributed by atoms with Crippen LogP contribution in [0.5, 0.6) is 0 Å². The van der Waals surface area contributed by atoms with Gasteiger partial charge >= 0.3 is 0 Å². The highest BCUT2D eigenvalue weighted by atomic mass is 35.5. The highest BCUT2D eigenvalue weighted by Crippen LogP contribution is 2.28. The van der Waals surface area contributed by atoms with Crippen molar-refractivity contribution in [2.45, 2.75) is 45.2 Å². The van der Waals surface area contributed by atoms with Gasteiger partial charge in [0, 0.05) is 18.1 Å². The van der Waals surface area contributed by atoms with Gasteiger partial charge in [0.15, 0.2) is 0 Å². The molecule has 0 saturated heterocycles. The number of rotatable bonds is 10. The van der Waals surface area contributed by atoms with E-state index in [1.54, 1.807) is 81.4 Å². The fourth-order valence-corrected chi connectivity index (χ4v) is 5.58. The van der Waals surface area contributed by atoms with Gasteiger partial charge in [-0.2, -0.15) is 0 Å². The van der Waals surface area contributed by atoms with E-state index in [-0.39, 0.29) is 17.3 Å². The number of nitrogens with one attached hydrogen (secondary N) is 1. The van der Waals surface area contributed by atoms with Gasteiger partial charge in [-0.1, -0.05) is 65.7 Å². The molecule has 0 aromatic heterocycles. The van der Waals surface area contributed by atoms with Gasteiger partial charge < -0.3 is 10.2 Å². The predicted octanol–water partition coefficient (Wildman–Crippen LogP) is 4.71. The number of halogens is 1. The molecule has 3 rings (SSSR count). The molecular formula is C28H32ClN3O4S. The Balaban J connectivity index is 2.05. The molecule has 196 valence electrons. The fraction of sp³-hybridized carbons (Fsp3) is 0.286. The summed E-state index contributed by atoms with van der Waals surface area (Å²) in [5, 5.41) is 3.19. The molecule has 0 spiro atoms. The van der Waals surface area contributed by atoms with Crippen LogP contribution in [0.15, 0.2) is 77.7 Å². The van der Waals surface area contributed by atoms with Gasteiger partial charge in [-0.05, 0) is 63.1 Å². The molecule has 0 unspecified atom stereocenters. The minimum absolute atomic E-state index is 0.0446. The lowest BCUT2D eigenvalue weighted by Gasteiger charge is -2.32. The molecule has 0 aliphatic heterocycles. The van der Waals surface area contributed by atoms with Crippen molar-refractivity contribution in [3.05, 3.63) is 94.5 Å². The summed E-state index contributed by atoms with van der Waals surface area (Å²) >= 11 is 6.36. The summed E-state index contributed by atoms with van der Waals surface area (Å²) in [4.78, 5) is 28.0. The zero-order valence-electron chi connectivity index (χ0n) is 21.4. The van der Waals surface area contributed by atoms with Gasteiger partial charge in [-0.3, -0.25) is 13.9 Å². The summed E-state index contributed by atoms with van der Waals surface area (Å²) in [5.74, 6) is -0.871. The first kappa shape index (κ1) is 28.2. The van der Waals surface area contributed by atoms with Gasteiger partial charge in [-0.15, -0.1) is 0 Å². The minimum Gasteiger partial charge on any atom is -0.355 e. The molecule has 1 atom stereocenters. The summed E-state index contributed by atoms with van der Waals surface area (Å²) in [6, 6.07) is 19.7. The van der Waals surface area contributed by atoms with Crippen LogP contribution in [0.2, 0.25) is 5.02 Å². The molecule has 0 saturated carbocycles. The Morgan fingerprint density at radius 3 is 2.19 bits per heavy atom. The van der Waals surface area contributed by atoms with Crippen LogP contribution in [0.1, 0.15) is 30.5 Å². The summed E-state index contributed by atoms with van der Waals surface area (Å²) in [6.07, 6.45) is 0. The Morgan fingerprint density at radius 2 is 1.57 bits per heavy atom. The third-order valence-corrected chi connectivity index (χ3v) is 8.23. The number of hydrogen-bond donors (Lipinski definition) is 1. The third kappa shape index (κ3) is 6.70. The number of nitrogens with zero attached hydrogens (tertiary/aromatic N) is 2. The number of amides is 2. The largest absolute Gasteiger partial charge is 0.355 e. The summed E-state index contributed by atoms with van der Waals surface area (Å²) in [6.45, 7) is 7.02. The fourth-order valence-electron chi connectivity index (χ4n) is 3.91. The smallest absolute Gasteiger partial charge is 0.264 e. The topological polar surface area (TPSA) is 86.8 Å². The maximum absolute atomic E-state index is 13.8. The molecule has 1 N–H and O–H groups in total. The number of anilines is 1. The Hall–Kier alpha value is -3.36. The second kappa shape index (κ2) is 12.3. The van der Waals surface area contributed by atoms with Crippen LogP contribution in [0.25, 0.3) is 0 Å². The Kier molecular flexibility index (Phi) is 9.34. The van der Waals surface area contributed by atoms with E-state index in [4.69, 9.17) is 11.6 Å². The molecule has 0 radical (unpaired) electrons. The van der Waals surface area contributed by atoms with E-state index in [0.717, 1.165) is 9.87 Å². The van der Waals surface area contributed by atoms with Gasteiger partial charge in [0.1, 0.15) is 12.6 Å². The Labute approximate surface area is 224 Å². The first-order valence-corrected chi connectivity index (χ1v) is 13.8. The molecule has 0 bridgehead atoms. The van der Waals surface area contributed by atoms with Gasteiger partial charge in [-0.25, -0.2) is 8.42 Å². The predicted molar refractivity (Wildman–Crippen MR) is 147 cm³/mol. The Bertz CT molecular complexity index is 1360. The van der Waals surface area contributed by atoms with Crippen LogP contribution in [0.4, 0.5) is 5.69 Å². The molecule has 0 fully saturated rings. The van der Waals surface area contributed by atoms with E-state index in [9.17, 15) is 18.0 Å². The summed E-state index contributed by atoms with van der Waals surface area (Å²) in [5.41, 5.74) is 2.65. The van der Waals surface area contributed by atoms with Crippen LogP contribution in [-0.2, 0) is 26.2 Å². The lowest BCUT2D eigenvalue weighted by atomic mass is 10.1. The Morgan fingerprint density at radius 1 is 0.946 bits per heavy atom. The van der Waals surface area contributed by atoms with Gasteiger partial charge in [0.05, 0.1) is 10.6 Å². The highest BCUT2D eigenvalue weighted by Gasteiger charge is 2.33. The van der Waals surface area contributed by atoms with Crippen molar-refractivity contribution in [1.82, 2.24) is 10.2 Å². The molecule has 9 heteroatoms. The van der Waals surface area contributed by atoms with E-state index >= 15 is 0 Å². The van der Waals surface area contributed by atoms with Crippen molar-refractivity contribution in [3.8, 4) is 0 Å². The quantitative estimate of drug-likeness (QED) is 0.403. The second-order valence-corrected chi connectivity index (χ2v) is 11.1. The minimum atomic E-state index is -4.10. The molecule has 37 heavy (non-hydrogen) atoms. The molecule has 0 heterocycles. The number of hydrogen-bond acceptors (Lipinski definition) is 4. The average molecular weight is 542 g/mol. The normalized spacial score (nSPS) is 12.0. The van der Waals surface area contributed by atoms with E-state index in [2.05, 4.69) is 5.32 Å². The van der Waals surface area contributed by atoms with Crippen LogP contribution in [0.3, 0.4) is 0 Å². The van der Waals surface area contributed by atoms with Crippen LogP contribution in [0, 0.1) is 13.8 Å². The van der Waals surface area contributed by atoms with E-state index in [1.807, 2.05) is 6.92 Å². The maximum Gasteiger partial charge on any atom is 0.264 e. The third-order valence-electron chi connectivity index (χ3n) is 6.09. The lowest BCUT2D eigenvalue weighted by molar-refractivity contribution is -0.139. The maximum atomic E-state index is 13.8. The standard InChI is InChI=1S/C28H32ClN3O4S/c1-5-30-28(34)22(4)31(18-23-11-7-8-12-25(23)29)27(33)19-32(26-13-9-6-10-21(26)3)37(35,36)24-16-14-20(2)15-17-24/h6-17,22H,5,18-19H2,1-4H3,(H,30,34)/t22-/m0/s1. The van der Waals surface area contributed by atoms with Crippen molar-refractivity contribution in [1.29, 1.82) is 0 Å². The number of para-hydroxylation sites is 1. The number of aryl methyl sites for hydroxylation is 2. The van der Waals surface area contributed by atoms with E-state index < -0.39 is 28.5 Å². The van der Waals surface area contributed by atoms with E-state index in [1.165, 1.54) is 17.0 Å². The van der Waals surface area contributed by atoms with Crippen LogP contribution >= 0.6 is 11.6 Å². The molecular weight excluding hydrogens is 510 g/mol. The van der Waals surface area contributed by atoms with Crippen LogP contribution < -0.4 is 9.62 Å². The number of benzene rings is 3. The zero-order chi connectivity index (χ0) is 27.2. The molecule has 7 nitrogen and oxygen atoms in total.